The fourth-order valence-corrected chi connectivity index (χ4v) is 5.68. The zero-order valence-electron chi connectivity index (χ0n) is 18.1. The van der Waals surface area contributed by atoms with Crippen LogP contribution in [0, 0.1) is 11.8 Å². The number of benzene rings is 2. The Morgan fingerprint density at radius 1 is 1.00 bits per heavy atom. The average molecular weight is 613 g/mol. The molecular formula is C24H21Br2ClN2O5. The van der Waals surface area contributed by atoms with Crippen molar-refractivity contribution in [3.05, 3.63) is 64.7 Å². The Morgan fingerprint density at radius 3 is 2.15 bits per heavy atom. The molecule has 0 aromatic heterocycles. The molecule has 2 aromatic carbocycles. The van der Waals surface area contributed by atoms with Crippen LogP contribution in [-0.4, -0.2) is 56.8 Å². The van der Waals surface area contributed by atoms with Crippen molar-refractivity contribution in [1.82, 2.24) is 10.0 Å². The van der Waals surface area contributed by atoms with Crippen molar-refractivity contribution in [3.63, 3.8) is 0 Å². The second-order valence-corrected chi connectivity index (χ2v) is 11.0. The van der Waals surface area contributed by atoms with Crippen LogP contribution in [0.5, 0.6) is 5.75 Å². The lowest BCUT2D eigenvalue weighted by molar-refractivity contribution is -0.154. The van der Waals surface area contributed by atoms with Gasteiger partial charge in [-0.1, -0.05) is 55.6 Å². The van der Waals surface area contributed by atoms with Gasteiger partial charge >= 0.3 is 0 Å². The Kier molecular flexibility index (Phi) is 7.45. The number of hydrogen-bond acceptors (Lipinski definition) is 5. The average Bonchev–Trinajstić information content (AvgIpc) is 3.06. The fraction of sp³-hybridized carbons (Fsp3) is 0.333. The predicted molar refractivity (Wildman–Crippen MR) is 133 cm³/mol. The highest BCUT2D eigenvalue weighted by molar-refractivity contribution is 9.12. The molecule has 1 saturated heterocycles. The van der Waals surface area contributed by atoms with Crippen molar-refractivity contribution in [2.75, 3.05) is 13.7 Å². The number of alkyl halides is 2. The number of imide groups is 1. The first kappa shape index (κ1) is 24.9. The van der Waals surface area contributed by atoms with Gasteiger partial charge in [-0.2, -0.15) is 5.01 Å². The highest BCUT2D eigenvalue weighted by atomic mass is 79.9. The molecule has 2 aromatic rings. The number of Topliss-reactive ketones (excluding diaryl/α,β-unsaturated/α-hetero) is 1. The van der Waals surface area contributed by atoms with Crippen molar-refractivity contribution in [3.8, 4) is 5.75 Å². The number of carbonyl (C=O) groups is 4. The van der Waals surface area contributed by atoms with E-state index in [0.29, 0.717) is 29.2 Å². The number of ether oxygens (including phenoxy) is 1. The maximum Gasteiger partial charge on any atom is 0.273 e. The summed E-state index contributed by atoms with van der Waals surface area (Å²) in [6, 6.07) is 12.6. The molecule has 0 N–H and O–H groups in total. The lowest BCUT2D eigenvalue weighted by Gasteiger charge is -2.30. The summed E-state index contributed by atoms with van der Waals surface area (Å²) in [5, 5.41) is 2.26. The van der Waals surface area contributed by atoms with Crippen LogP contribution in [-0.2, 0) is 9.59 Å². The van der Waals surface area contributed by atoms with E-state index >= 15 is 0 Å². The van der Waals surface area contributed by atoms with Crippen LogP contribution >= 0.6 is 43.5 Å². The number of nitrogens with zero attached hydrogens (tertiary/aromatic N) is 2. The summed E-state index contributed by atoms with van der Waals surface area (Å²) in [6.45, 7) is -0.485. The molecule has 1 saturated carbocycles. The Labute approximate surface area is 218 Å². The molecule has 7 nitrogen and oxygen atoms in total. The van der Waals surface area contributed by atoms with Gasteiger partial charge in [-0.25, -0.2) is 5.01 Å². The molecule has 2 fully saturated rings. The Balaban J connectivity index is 1.69. The summed E-state index contributed by atoms with van der Waals surface area (Å²) in [7, 11) is 1.48. The molecule has 3 amide bonds. The minimum absolute atomic E-state index is 0.0179. The second kappa shape index (κ2) is 10.2. The van der Waals surface area contributed by atoms with Crippen molar-refractivity contribution >= 4 is 67.0 Å². The monoisotopic (exact) mass is 610 g/mol. The van der Waals surface area contributed by atoms with Crippen LogP contribution in [0.2, 0.25) is 5.02 Å². The molecule has 34 heavy (non-hydrogen) atoms. The van der Waals surface area contributed by atoms with Crippen molar-refractivity contribution in [2.45, 2.75) is 22.5 Å². The number of hydrogen-bond donors (Lipinski definition) is 0. The van der Waals surface area contributed by atoms with Crippen molar-refractivity contribution < 1.29 is 23.9 Å². The van der Waals surface area contributed by atoms with E-state index in [0.717, 1.165) is 10.0 Å². The first-order chi connectivity index (χ1) is 16.2. The lowest BCUT2D eigenvalue weighted by Crippen LogP contribution is -2.52. The minimum atomic E-state index is -0.640. The predicted octanol–water partition coefficient (Wildman–Crippen LogP) is 4.51. The molecular weight excluding hydrogens is 592 g/mol. The van der Waals surface area contributed by atoms with Gasteiger partial charge in [0.2, 0.25) is 0 Å². The first-order valence-corrected chi connectivity index (χ1v) is 12.8. The molecule has 0 radical (unpaired) electrons. The highest BCUT2D eigenvalue weighted by Crippen LogP contribution is 2.43. The molecule has 1 aliphatic heterocycles. The van der Waals surface area contributed by atoms with Crippen molar-refractivity contribution in [1.29, 1.82) is 0 Å². The van der Waals surface area contributed by atoms with E-state index < -0.39 is 41.9 Å². The van der Waals surface area contributed by atoms with Gasteiger partial charge in [0.05, 0.1) is 18.9 Å². The van der Waals surface area contributed by atoms with E-state index in [2.05, 4.69) is 31.9 Å². The zero-order chi connectivity index (χ0) is 24.6. The van der Waals surface area contributed by atoms with Gasteiger partial charge in [-0.05, 0) is 49.2 Å². The fourth-order valence-electron chi connectivity index (χ4n) is 4.31. The van der Waals surface area contributed by atoms with Gasteiger partial charge in [0.25, 0.3) is 17.7 Å². The molecule has 10 heteroatoms. The summed E-state index contributed by atoms with van der Waals surface area (Å²) < 4.78 is 5.18. The normalized spacial score (nSPS) is 24.1. The van der Waals surface area contributed by atoms with Gasteiger partial charge in [-0.3, -0.25) is 19.2 Å². The first-order valence-electron chi connectivity index (χ1n) is 10.6. The van der Waals surface area contributed by atoms with Crippen LogP contribution in [0.25, 0.3) is 0 Å². The summed E-state index contributed by atoms with van der Waals surface area (Å²) in [5.41, 5.74) is 0.501. The number of hydrazine groups is 1. The lowest BCUT2D eigenvalue weighted by atomic mass is 9.81. The van der Waals surface area contributed by atoms with Crippen molar-refractivity contribution in [2.24, 2.45) is 11.8 Å². The Bertz CT molecular complexity index is 1110. The minimum Gasteiger partial charge on any atom is -0.497 e. The molecule has 0 spiro atoms. The van der Waals surface area contributed by atoms with E-state index in [1.807, 2.05) is 0 Å². The Morgan fingerprint density at radius 2 is 1.59 bits per heavy atom. The third-order valence-electron chi connectivity index (χ3n) is 6.14. The van der Waals surface area contributed by atoms with E-state index in [9.17, 15) is 19.2 Å². The maximum absolute atomic E-state index is 13.5. The van der Waals surface area contributed by atoms with Gasteiger partial charge in [0.1, 0.15) is 12.3 Å². The molecule has 178 valence electrons. The van der Waals surface area contributed by atoms with Crippen LogP contribution in [0.15, 0.2) is 48.5 Å². The van der Waals surface area contributed by atoms with Gasteiger partial charge < -0.3 is 4.74 Å². The van der Waals surface area contributed by atoms with Crippen LogP contribution < -0.4 is 4.74 Å². The van der Waals surface area contributed by atoms with Crippen LogP contribution in [0.3, 0.4) is 0 Å². The van der Waals surface area contributed by atoms with Gasteiger partial charge in [-0.15, -0.1) is 0 Å². The largest absolute Gasteiger partial charge is 0.497 e. The second-order valence-electron chi connectivity index (χ2n) is 8.23. The van der Waals surface area contributed by atoms with E-state index in [1.165, 1.54) is 31.4 Å². The number of fused-ring (bicyclic) bond motifs is 1. The topological polar surface area (TPSA) is 84.0 Å². The quantitative estimate of drug-likeness (QED) is 0.273. The molecule has 1 heterocycles. The molecule has 1 aliphatic carbocycles. The number of amides is 3. The highest BCUT2D eigenvalue weighted by Gasteiger charge is 2.54. The third-order valence-corrected chi connectivity index (χ3v) is 9.13. The van der Waals surface area contributed by atoms with E-state index in [4.69, 9.17) is 16.3 Å². The third kappa shape index (κ3) is 4.78. The van der Waals surface area contributed by atoms with Crippen LogP contribution in [0.1, 0.15) is 33.6 Å². The van der Waals surface area contributed by atoms with E-state index in [-0.39, 0.29) is 15.2 Å². The summed E-state index contributed by atoms with van der Waals surface area (Å²) in [4.78, 5) is 53.5. The van der Waals surface area contributed by atoms with Gasteiger partial charge in [0, 0.05) is 25.8 Å². The number of ketones is 1. The molecule has 4 rings (SSSR count). The maximum atomic E-state index is 13.5. The molecule has 2 aliphatic rings. The Hall–Kier alpha value is -2.23. The molecule has 4 atom stereocenters. The number of carbonyl (C=O) groups excluding carboxylic acids is 4. The number of methoxy groups -OCH3 is 1. The summed E-state index contributed by atoms with van der Waals surface area (Å²) in [5.74, 6) is -2.66. The van der Waals surface area contributed by atoms with Crippen LogP contribution in [0.4, 0.5) is 0 Å². The zero-order valence-corrected chi connectivity index (χ0v) is 22.0. The van der Waals surface area contributed by atoms with E-state index in [1.54, 1.807) is 24.3 Å². The smallest absolute Gasteiger partial charge is 0.273 e. The molecule has 0 unspecified atom stereocenters. The molecule has 0 bridgehead atoms. The number of halogens is 3. The SMILES string of the molecule is COc1cccc(C(=O)CN(C(=O)c2ccc(Cl)cc2)N2C(=O)[C@H]3C[C@H](Br)[C@@H](Br)C[C@H]3C2=O)c1. The summed E-state index contributed by atoms with van der Waals surface area (Å²) >= 11 is 13.1. The van der Waals surface area contributed by atoms with Gasteiger partial charge in [0.15, 0.2) is 5.78 Å². The standard InChI is InChI=1S/C24H21Br2ClN2O5/c1-34-16-4-2-3-14(9-16)21(30)12-28(22(31)13-5-7-15(27)8-6-13)29-23(32)17-10-19(25)20(26)11-18(17)24(29)33/h2-9,17-20H,10-12H2,1H3/t17-,18+,19-,20-/m0/s1. The number of rotatable bonds is 6. The summed E-state index contributed by atoms with van der Waals surface area (Å²) in [6.07, 6.45) is 0.906.